The van der Waals surface area contributed by atoms with E-state index in [1.165, 1.54) is 0 Å². The van der Waals surface area contributed by atoms with Crippen molar-refractivity contribution in [1.29, 1.82) is 0 Å². The zero-order valence-electron chi connectivity index (χ0n) is 11.2. The number of ether oxygens (including phenoxy) is 2. The normalized spacial score (nSPS) is 11.5. The smallest absolute Gasteiger partial charge is 0.325 e. The second kappa shape index (κ2) is 10.3. The van der Waals surface area contributed by atoms with Gasteiger partial charge in [0.15, 0.2) is 0 Å². The molecule has 0 spiro atoms. The Morgan fingerprint density at radius 3 is 2.32 bits per heavy atom. The zero-order valence-corrected chi connectivity index (χ0v) is 11.2. The minimum Gasteiger partial charge on any atom is -0.466 e. The van der Waals surface area contributed by atoms with E-state index >= 15 is 0 Å². The molecule has 0 aliphatic carbocycles. The third-order valence-corrected chi connectivity index (χ3v) is 2.00. The number of nitrogens with two attached hydrogens (primary N) is 1. The number of hydrogen-bond donors (Lipinski definition) is 3. The van der Waals surface area contributed by atoms with Crippen molar-refractivity contribution in [2.75, 3.05) is 19.8 Å². The van der Waals surface area contributed by atoms with Crippen LogP contribution in [-0.4, -0.2) is 43.6 Å². The van der Waals surface area contributed by atoms with Crippen LogP contribution in [0.2, 0.25) is 0 Å². The van der Waals surface area contributed by atoms with Crippen LogP contribution in [-0.2, 0) is 23.9 Å². The predicted octanol–water partition coefficient (Wildman–Crippen LogP) is -1.16. The minimum absolute atomic E-state index is 0.113. The molecule has 0 saturated carbocycles. The third kappa shape index (κ3) is 8.11. The molecule has 0 aliphatic rings. The number of hydrazine groups is 1. The molecular formula is C11H21N3O5. The number of hydrogen-bond acceptors (Lipinski definition) is 7. The summed E-state index contributed by atoms with van der Waals surface area (Å²) in [6, 6.07) is -0.985. The van der Waals surface area contributed by atoms with Crippen molar-refractivity contribution in [3.8, 4) is 0 Å². The van der Waals surface area contributed by atoms with Crippen LogP contribution >= 0.6 is 0 Å². The van der Waals surface area contributed by atoms with Crippen LogP contribution in [0.15, 0.2) is 0 Å². The first-order chi connectivity index (χ1) is 9.04. The van der Waals surface area contributed by atoms with Gasteiger partial charge in [0.2, 0.25) is 5.91 Å². The Bertz CT molecular complexity index is 309. The highest BCUT2D eigenvalue weighted by atomic mass is 16.5. The van der Waals surface area contributed by atoms with E-state index in [0.717, 1.165) is 0 Å². The van der Waals surface area contributed by atoms with Crippen molar-refractivity contribution < 1.29 is 23.9 Å². The number of esters is 2. The molecule has 110 valence electrons. The second-order valence-corrected chi connectivity index (χ2v) is 3.54. The lowest BCUT2D eigenvalue weighted by Crippen LogP contribution is -2.50. The summed E-state index contributed by atoms with van der Waals surface area (Å²) in [4.78, 5) is 34.1. The SMILES string of the molecule is CCOC(=O)CC(NNC(=O)CCN)C(=O)OCC. The molecule has 0 rings (SSSR count). The Morgan fingerprint density at radius 2 is 1.79 bits per heavy atom. The molecule has 19 heavy (non-hydrogen) atoms. The van der Waals surface area contributed by atoms with E-state index in [4.69, 9.17) is 15.2 Å². The van der Waals surface area contributed by atoms with Crippen LogP contribution in [0.4, 0.5) is 0 Å². The van der Waals surface area contributed by atoms with Gasteiger partial charge in [-0.25, -0.2) is 5.43 Å². The van der Waals surface area contributed by atoms with Crippen LogP contribution in [0, 0.1) is 0 Å². The highest BCUT2D eigenvalue weighted by Crippen LogP contribution is 1.98. The zero-order chi connectivity index (χ0) is 14.7. The fraction of sp³-hybridized carbons (Fsp3) is 0.727. The number of carbonyl (C=O) groups excluding carboxylic acids is 3. The van der Waals surface area contributed by atoms with Gasteiger partial charge in [-0.3, -0.25) is 19.8 Å². The van der Waals surface area contributed by atoms with Gasteiger partial charge >= 0.3 is 11.9 Å². The Labute approximate surface area is 112 Å². The molecule has 0 heterocycles. The van der Waals surface area contributed by atoms with Crippen molar-refractivity contribution in [3.05, 3.63) is 0 Å². The molecule has 8 nitrogen and oxygen atoms in total. The number of carbonyl (C=O) groups is 3. The summed E-state index contributed by atoms with van der Waals surface area (Å²) >= 11 is 0. The first-order valence-corrected chi connectivity index (χ1v) is 6.11. The summed E-state index contributed by atoms with van der Waals surface area (Å²) < 4.78 is 9.53. The van der Waals surface area contributed by atoms with Crippen LogP contribution in [0.25, 0.3) is 0 Å². The molecule has 1 atom stereocenters. The number of rotatable bonds is 9. The molecule has 1 unspecified atom stereocenters. The summed E-state index contributed by atoms with van der Waals surface area (Å²) in [5, 5.41) is 0. The molecule has 8 heteroatoms. The fourth-order valence-corrected chi connectivity index (χ4v) is 1.18. The third-order valence-electron chi connectivity index (χ3n) is 2.00. The standard InChI is InChI=1S/C11H21N3O5/c1-3-18-10(16)7-8(11(17)19-4-2)13-14-9(15)5-6-12/h8,13H,3-7,12H2,1-2H3,(H,14,15). The van der Waals surface area contributed by atoms with Crippen molar-refractivity contribution in [3.63, 3.8) is 0 Å². The Hall–Kier alpha value is -1.67. The van der Waals surface area contributed by atoms with E-state index in [0.29, 0.717) is 0 Å². The molecular weight excluding hydrogens is 254 g/mol. The van der Waals surface area contributed by atoms with Gasteiger partial charge in [-0.2, -0.15) is 0 Å². The second-order valence-electron chi connectivity index (χ2n) is 3.54. The molecule has 0 aromatic carbocycles. The predicted molar refractivity (Wildman–Crippen MR) is 66.6 cm³/mol. The molecule has 0 aromatic rings. The molecule has 0 aromatic heterocycles. The molecule has 1 amide bonds. The lowest BCUT2D eigenvalue weighted by molar-refractivity contribution is -0.152. The average Bonchev–Trinajstić information content (AvgIpc) is 2.35. The van der Waals surface area contributed by atoms with Crippen molar-refractivity contribution in [2.45, 2.75) is 32.7 Å². The van der Waals surface area contributed by atoms with Gasteiger partial charge in [0.1, 0.15) is 6.04 Å². The minimum atomic E-state index is -0.985. The molecule has 0 radical (unpaired) electrons. The average molecular weight is 275 g/mol. The van der Waals surface area contributed by atoms with Gasteiger partial charge in [0.05, 0.1) is 19.6 Å². The lowest BCUT2D eigenvalue weighted by atomic mass is 10.2. The Balaban J connectivity index is 4.37. The quantitative estimate of drug-likeness (QED) is 0.358. The van der Waals surface area contributed by atoms with Crippen LogP contribution < -0.4 is 16.6 Å². The summed E-state index contributed by atoms with van der Waals surface area (Å²) in [5.74, 6) is -1.56. The maximum absolute atomic E-state index is 11.6. The molecule has 4 N–H and O–H groups in total. The van der Waals surface area contributed by atoms with E-state index in [2.05, 4.69) is 10.9 Å². The first-order valence-electron chi connectivity index (χ1n) is 6.11. The van der Waals surface area contributed by atoms with Crippen molar-refractivity contribution in [2.24, 2.45) is 5.73 Å². The van der Waals surface area contributed by atoms with Gasteiger partial charge in [0.25, 0.3) is 0 Å². The van der Waals surface area contributed by atoms with Gasteiger partial charge in [-0.15, -0.1) is 0 Å². The molecule has 0 fully saturated rings. The van der Waals surface area contributed by atoms with E-state index in [9.17, 15) is 14.4 Å². The molecule has 0 aliphatic heterocycles. The molecule has 0 saturated heterocycles. The van der Waals surface area contributed by atoms with Crippen LogP contribution in [0.3, 0.4) is 0 Å². The fourth-order valence-electron chi connectivity index (χ4n) is 1.18. The summed E-state index contributed by atoms with van der Waals surface area (Å²) in [7, 11) is 0. The number of nitrogens with one attached hydrogen (secondary N) is 2. The largest absolute Gasteiger partial charge is 0.466 e. The Kier molecular flexibility index (Phi) is 9.37. The topological polar surface area (TPSA) is 120 Å². The Morgan fingerprint density at radius 1 is 1.16 bits per heavy atom. The summed E-state index contributed by atoms with van der Waals surface area (Å²) in [5.41, 5.74) is 9.95. The first kappa shape index (κ1) is 17.3. The number of amides is 1. The van der Waals surface area contributed by atoms with Crippen LogP contribution in [0.5, 0.6) is 0 Å². The lowest BCUT2D eigenvalue weighted by Gasteiger charge is -2.17. The van der Waals surface area contributed by atoms with E-state index in [-0.39, 0.29) is 38.5 Å². The van der Waals surface area contributed by atoms with Gasteiger partial charge < -0.3 is 15.2 Å². The highest BCUT2D eigenvalue weighted by molar-refractivity contribution is 5.83. The van der Waals surface area contributed by atoms with Crippen molar-refractivity contribution in [1.82, 2.24) is 10.9 Å². The maximum Gasteiger partial charge on any atom is 0.325 e. The summed E-state index contributed by atoms with van der Waals surface area (Å²) in [6.45, 7) is 3.89. The highest BCUT2D eigenvalue weighted by Gasteiger charge is 2.24. The van der Waals surface area contributed by atoms with Crippen molar-refractivity contribution >= 4 is 17.8 Å². The van der Waals surface area contributed by atoms with Gasteiger partial charge in [-0.1, -0.05) is 0 Å². The van der Waals surface area contributed by atoms with E-state index in [1.807, 2.05) is 0 Å². The maximum atomic E-state index is 11.6. The summed E-state index contributed by atoms with van der Waals surface area (Å²) in [6.07, 6.45) is -0.114. The van der Waals surface area contributed by atoms with Gasteiger partial charge in [0, 0.05) is 13.0 Å². The van der Waals surface area contributed by atoms with E-state index < -0.39 is 18.0 Å². The van der Waals surface area contributed by atoms with Crippen LogP contribution in [0.1, 0.15) is 26.7 Å². The van der Waals surface area contributed by atoms with Gasteiger partial charge in [-0.05, 0) is 13.8 Å². The monoisotopic (exact) mass is 275 g/mol. The molecule has 0 bridgehead atoms. The van der Waals surface area contributed by atoms with E-state index in [1.54, 1.807) is 13.8 Å².